The predicted octanol–water partition coefficient (Wildman–Crippen LogP) is 5.80. The van der Waals surface area contributed by atoms with Crippen LogP contribution in [0.2, 0.25) is 0 Å². The van der Waals surface area contributed by atoms with Crippen LogP contribution in [0, 0.1) is 11.8 Å². The molecule has 1 aliphatic carbocycles. The van der Waals surface area contributed by atoms with Gasteiger partial charge in [-0.25, -0.2) is 9.97 Å². The molecule has 0 radical (unpaired) electrons. The second-order valence-corrected chi connectivity index (χ2v) is 9.34. The SMILES string of the molecule is C=C(CCC1CC(Sc2ncccn2)[C@H](CC)C(N(C)C)C1)c1ccccc1. The van der Waals surface area contributed by atoms with Gasteiger partial charge in [-0.2, -0.15) is 0 Å². The molecule has 150 valence electrons. The standard InChI is InChI=1S/C24H33N3S/c1-5-21-22(27(3)4)16-19(13-12-18(2)20-10-7-6-8-11-20)17-23(21)28-24-25-14-9-15-26-24/h6-11,14-15,19,21-23H,2,5,12-13,16-17H2,1,3-4H3/t19?,21-,22?,23?/m1/s1. The van der Waals surface area contributed by atoms with E-state index in [2.05, 4.69) is 72.8 Å². The number of rotatable bonds is 8. The first-order valence-electron chi connectivity index (χ1n) is 10.4. The summed E-state index contributed by atoms with van der Waals surface area (Å²) in [6.07, 6.45) is 9.71. The van der Waals surface area contributed by atoms with Gasteiger partial charge in [0.05, 0.1) is 0 Å². The minimum Gasteiger partial charge on any atom is -0.306 e. The highest BCUT2D eigenvalue weighted by Gasteiger charge is 2.38. The van der Waals surface area contributed by atoms with Crippen LogP contribution in [0.3, 0.4) is 0 Å². The van der Waals surface area contributed by atoms with Crippen molar-refractivity contribution in [2.24, 2.45) is 11.8 Å². The smallest absolute Gasteiger partial charge is 0.187 e. The second-order valence-electron chi connectivity index (χ2n) is 8.14. The van der Waals surface area contributed by atoms with Gasteiger partial charge < -0.3 is 4.90 Å². The van der Waals surface area contributed by atoms with Crippen molar-refractivity contribution in [3.63, 3.8) is 0 Å². The second kappa shape index (κ2) is 10.2. The maximum absolute atomic E-state index is 4.47. The number of benzene rings is 1. The van der Waals surface area contributed by atoms with E-state index >= 15 is 0 Å². The summed E-state index contributed by atoms with van der Waals surface area (Å²) in [5.41, 5.74) is 2.53. The molecule has 0 amide bonds. The Labute approximate surface area is 174 Å². The summed E-state index contributed by atoms with van der Waals surface area (Å²) in [5, 5.41) is 1.49. The van der Waals surface area contributed by atoms with Crippen LogP contribution in [0.25, 0.3) is 5.57 Å². The Balaban J connectivity index is 1.68. The van der Waals surface area contributed by atoms with Gasteiger partial charge in [-0.3, -0.25) is 0 Å². The molecule has 1 heterocycles. The monoisotopic (exact) mass is 395 g/mol. The van der Waals surface area contributed by atoms with Crippen molar-refractivity contribution in [1.82, 2.24) is 14.9 Å². The minimum absolute atomic E-state index is 0.573. The third-order valence-corrected chi connectivity index (χ3v) is 7.35. The molecule has 1 saturated carbocycles. The first-order valence-corrected chi connectivity index (χ1v) is 11.3. The summed E-state index contributed by atoms with van der Waals surface area (Å²) in [7, 11) is 4.47. The molecule has 0 aliphatic heterocycles. The number of allylic oxidation sites excluding steroid dienone is 1. The van der Waals surface area contributed by atoms with Crippen LogP contribution in [0.4, 0.5) is 0 Å². The van der Waals surface area contributed by atoms with Gasteiger partial charge in [0.1, 0.15) is 0 Å². The van der Waals surface area contributed by atoms with Crippen molar-refractivity contribution in [2.45, 2.75) is 55.5 Å². The van der Waals surface area contributed by atoms with Gasteiger partial charge in [-0.05, 0) is 68.8 Å². The molecule has 3 unspecified atom stereocenters. The van der Waals surface area contributed by atoms with E-state index in [1.807, 2.05) is 30.2 Å². The molecule has 1 aliphatic rings. The number of nitrogens with zero attached hydrogens (tertiary/aromatic N) is 3. The lowest BCUT2D eigenvalue weighted by Crippen LogP contribution is -2.46. The van der Waals surface area contributed by atoms with E-state index in [0.29, 0.717) is 17.2 Å². The van der Waals surface area contributed by atoms with Gasteiger partial charge in [-0.1, -0.05) is 62.0 Å². The maximum Gasteiger partial charge on any atom is 0.187 e. The van der Waals surface area contributed by atoms with Crippen LogP contribution in [0.5, 0.6) is 0 Å². The number of hydrogen-bond acceptors (Lipinski definition) is 4. The summed E-state index contributed by atoms with van der Waals surface area (Å²) in [6, 6.07) is 13.1. The third kappa shape index (κ3) is 5.45. The van der Waals surface area contributed by atoms with Crippen LogP contribution in [0.1, 0.15) is 44.6 Å². The minimum atomic E-state index is 0.573. The fraction of sp³-hybridized carbons (Fsp3) is 0.500. The van der Waals surface area contributed by atoms with Crippen molar-refractivity contribution < 1.29 is 0 Å². The van der Waals surface area contributed by atoms with E-state index in [1.165, 1.54) is 36.8 Å². The zero-order valence-electron chi connectivity index (χ0n) is 17.4. The third-order valence-electron chi connectivity index (χ3n) is 6.08. The normalized spacial score (nSPS) is 25.0. The van der Waals surface area contributed by atoms with E-state index in [0.717, 1.165) is 17.5 Å². The predicted molar refractivity (Wildman–Crippen MR) is 120 cm³/mol. The van der Waals surface area contributed by atoms with E-state index in [1.54, 1.807) is 0 Å². The molecule has 3 nitrogen and oxygen atoms in total. The Kier molecular flexibility index (Phi) is 7.69. The van der Waals surface area contributed by atoms with Crippen LogP contribution in [-0.2, 0) is 0 Å². The lowest BCUT2D eigenvalue weighted by molar-refractivity contribution is 0.119. The van der Waals surface area contributed by atoms with Gasteiger partial charge in [-0.15, -0.1) is 0 Å². The van der Waals surface area contributed by atoms with Crippen molar-refractivity contribution in [3.05, 3.63) is 60.9 Å². The van der Waals surface area contributed by atoms with Crippen LogP contribution in [-0.4, -0.2) is 40.3 Å². The van der Waals surface area contributed by atoms with E-state index in [4.69, 9.17) is 0 Å². The van der Waals surface area contributed by atoms with Crippen LogP contribution >= 0.6 is 11.8 Å². The fourth-order valence-electron chi connectivity index (χ4n) is 4.54. The quantitative estimate of drug-likeness (QED) is 0.528. The molecule has 4 heteroatoms. The Morgan fingerprint density at radius 2 is 1.82 bits per heavy atom. The summed E-state index contributed by atoms with van der Waals surface area (Å²) in [5.74, 6) is 1.40. The highest BCUT2D eigenvalue weighted by Crippen LogP contribution is 2.43. The average Bonchev–Trinajstić information content (AvgIpc) is 2.73. The Hall–Kier alpha value is -1.65. The van der Waals surface area contributed by atoms with Crippen molar-refractivity contribution in [1.29, 1.82) is 0 Å². The largest absolute Gasteiger partial charge is 0.306 e. The van der Waals surface area contributed by atoms with E-state index in [-0.39, 0.29) is 0 Å². The molecule has 0 spiro atoms. The molecule has 0 bridgehead atoms. The lowest BCUT2D eigenvalue weighted by Gasteiger charge is -2.44. The highest BCUT2D eigenvalue weighted by molar-refractivity contribution is 7.99. The number of aromatic nitrogens is 2. The maximum atomic E-state index is 4.47. The zero-order valence-corrected chi connectivity index (χ0v) is 18.2. The van der Waals surface area contributed by atoms with Gasteiger partial charge >= 0.3 is 0 Å². The Morgan fingerprint density at radius 3 is 2.46 bits per heavy atom. The molecular weight excluding hydrogens is 362 g/mol. The van der Waals surface area contributed by atoms with Gasteiger partial charge in [0.15, 0.2) is 5.16 Å². The van der Waals surface area contributed by atoms with Crippen molar-refractivity contribution >= 4 is 17.3 Å². The van der Waals surface area contributed by atoms with Crippen LogP contribution in [0.15, 0.2) is 60.5 Å². The Morgan fingerprint density at radius 1 is 1.11 bits per heavy atom. The number of hydrogen-bond donors (Lipinski definition) is 0. The first kappa shape index (κ1) is 21.1. The molecule has 28 heavy (non-hydrogen) atoms. The van der Waals surface area contributed by atoms with Gasteiger partial charge in [0.25, 0.3) is 0 Å². The molecule has 1 aromatic carbocycles. The highest BCUT2D eigenvalue weighted by atomic mass is 32.2. The topological polar surface area (TPSA) is 29.0 Å². The van der Waals surface area contributed by atoms with Crippen molar-refractivity contribution in [3.8, 4) is 0 Å². The Bertz CT molecular complexity index is 732. The summed E-state index contributed by atoms with van der Waals surface area (Å²) in [6.45, 7) is 6.68. The molecule has 4 atom stereocenters. The molecule has 2 aromatic rings. The number of thioether (sulfide) groups is 1. The van der Waals surface area contributed by atoms with E-state index < -0.39 is 0 Å². The molecule has 1 fully saturated rings. The lowest BCUT2D eigenvalue weighted by atomic mass is 9.74. The van der Waals surface area contributed by atoms with Gasteiger partial charge in [0.2, 0.25) is 0 Å². The zero-order chi connectivity index (χ0) is 19.9. The molecule has 3 rings (SSSR count). The fourth-order valence-corrected chi connectivity index (χ4v) is 5.97. The molecule has 1 aromatic heterocycles. The van der Waals surface area contributed by atoms with Gasteiger partial charge in [0, 0.05) is 23.7 Å². The molecule has 0 N–H and O–H groups in total. The average molecular weight is 396 g/mol. The van der Waals surface area contributed by atoms with Crippen molar-refractivity contribution in [2.75, 3.05) is 14.1 Å². The van der Waals surface area contributed by atoms with Crippen LogP contribution < -0.4 is 0 Å². The first-order chi connectivity index (χ1) is 13.6. The molecular formula is C24H33N3S. The summed E-state index contributed by atoms with van der Waals surface area (Å²) in [4.78, 5) is 11.4. The molecule has 0 saturated heterocycles. The summed E-state index contributed by atoms with van der Waals surface area (Å²) >= 11 is 1.88. The van der Waals surface area contributed by atoms with E-state index in [9.17, 15) is 0 Å². The summed E-state index contributed by atoms with van der Waals surface area (Å²) < 4.78 is 0.